The highest BCUT2D eigenvalue weighted by atomic mass is 16.2. The third-order valence-corrected chi connectivity index (χ3v) is 9.70. The molecule has 2 aliphatic carbocycles. The highest BCUT2D eigenvalue weighted by molar-refractivity contribution is 5.93. The van der Waals surface area contributed by atoms with Crippen molar-refractivity contribution in [2.24, 2.45) is 29.1 Å². The first-order valence-electron chi connectivity index (χ1n) is 15.2. The van der Waals surface area contributed by atoms with Crippen LogP contribution in [0.1, 0.15) is 78.4 Å². The average molecular weight is 546 g/mol. The highest BCUT2D eigenvalue weighted by Gasteiger charge is 2.69. The second-order valence-electron chi connectivity index (χ2n) is 14.0. The number of benzene rings is 1. The molecule has 2 N–H and O–H groups in total. The lowest BCUT2D eigenvalue weighted by molar-refractivity contribution is -0.142. The molecule has 0 bridgehead atoms. The number of piperidine rings is 1. The third-order valence-electron chi connectivity index (χ3n) is 9.70. The molecule has 40 heavy (non-hydrogen) atoms. The van der Waals surface area contributed by atoms with E-state index in [9.17, 15) is 9.59 Å². The zero-order chi connectivity index (χ0) is 29.4. The van der Waals surface area contributed by atoms with E-state index >= 15 is 0 Å². The van der Waals surface area contributed by atoms with Gasteiger partial charge in [-0.15, -0.1) is 6.58 Å². The molecular formula is C35H51N3O2. The number of nitrogens with zero attached hydrogens (tertiary/aromatic N) is 1. The van der Waals surface area contributed by atoms with E-state index in [-0.39, 0.29) is 46.4 Å². The van der Waals surface area contributed by atoms with Crippen molar-refractivity contribution in [1.29, 1.82) is 0 Å². The minimum atomic E-state index is -0.451. The maximum Gasteiger partial charge on any atom is 0.246 e. The number of nitrogens with one attached hydrogen (secondary N) is 2. The van der Waals surface area contributed by atoms with Crippen molar-refractivity contribution >= 4 is 11.7 Å². The summed E-state index contributed by atoms with van der Waals surface area (Å²) in [7, 11) is 0. The highest BCUT2D eigenvalue weighted by Crippen LogP contribution is 2.65. The fourth-order valence-electron chi connectivity index (χ4n) is 7.37. The number of allylic oxidation sites excluding steroid dienone is 2. The predicted molar refractivity (Wildman–Crippen MR) is 165 cm³/mol. The molecule has 1 aromatic rings. The quantitative estimate of drug-likeness (QED) is 0.289. The van der Waals surface area contributed by atoms with E-state index in [4.69, 9.17) is 0 Å². The lowest BCUT2D eigenvalue weighted by Gasteiger charge is -2.37. The van der Waals surface area contributed by atoms with Crippen LogP contribution in [0.3, 0.4) is 0 Å². The molecule has 5 atom stereocenters. The molecule has 5 unspecified atom stereocenters. The second kappa shape index (κ2) is 11.6. The van der Waals surface area contributed by atoms with Crippen LogP contribution in [0, 0.1) is 29.1 Å². The van der Waals surface area contributed by atoms with E-state index in [1.54, 1.807) is 0 Å². The summed E-state index contributed by atoms with van der Waals surface area (Å²) in [5, 5.41) is 6.91. The van der Waals surface area contributed by atoms with E-state index < -0.39 is 6.04 Å². The van der Waals surface area contributed by atoms with Crippen LogP contribution in [0.25, 0.3) is 0 Å². The van der Waals surface area contributed by atoms with E-state index in [0.29, 0.717) is 24.7 Å². The fourth-order valence-corrected chi connectivity index (χ4v) is 7.37. The van der Waals surface area contributed by atoms with Crippen molar-refractivity contribution in [3.63, 3.8) is 0 Å². The number of amides is 1. The van der Waals surface area contributed by atoms with Gasteiger partial charge in [-0.2, -0.15) is 0 Å². The van der Waals surface area contributed by atoms with Crippen LogP contribution in [-0.4, -0.2) is 40.8 Å². The Balaban J connectivity index is 1.59. The molecule has 1 saturated heterocycles. The van der Waals surface area contributed by atoms with Crippen LogP contribution >= 0.6 is 0 Å². The van der Waals surface area contributed by atoms with Gasteiger partial charge < -0.3 is 15.5 Å². The molecular weight excluding hydrogens is 494 g/mol. The van der Waals surface area contributed by atoms with Gasteiger partial charge >= 0.3 is 0 Å². The number of hydrogen-bond donors (Lipinski definition) is 2. The SMILES string of the molecule is C=CCCC(CC(=O)C1C2C(CN1C(=O)C(NC(=C)NC(C)(C)C)C1Cc3ccccc3C1)C2(C)C)C(=C)CC. The van der Waals surface area contributed by atoms with Gasteiger partial charge in [0.25, 0.3) is 0 Å². The molecule has 1 amide bonds. The Morgan fingerprint density at radius 3 is 2.33 bits per heavy atom. The molecule has 1 aliphatic heterocycles. The van der Waals surface area contributed by atoms with Gasteiger partial charge in [0.1, 0.15) is 6.04 Å². The first-order valence-corrected chi connectivity index (χ1v) is 15.2. The maximum absolute atomic E-state index is 14.5. The number of carbonyl (C=O) groups is 2. The number of rotatable bonds is 13. The van der Waals surface area contributed by atoms with Gasteiger partial charge in [-0.3, -0.25) is 9.59 Å². The summed E-state index contributed by atoms with van der Waals surface area (Å²) in [6, 6.07) is 7.66. The van der Waals surface area contributed by atoms with Gasteiger partial charge in [0, 0.05) is 18.5 Å². The molecule has 4 rings (SSSR count). The Kier molecular flexibility index (Phi) is 8.73. The van der Waals surface area contributed by atoms with Crippen LogP contribution in [-0.2, 0) is 22.4 Å². The van der Waals surface area contributed by atoms with Gasteiger partial charge in [0.2, 0.25) is 5.91 Å². The third kappa shape index (κ3) is 6.24. The minimum absolute atomic E-state index is 0.0352. The fraction of sp³-hybridized carbons (Fsp3) is 0.600. The van der Waals surface area contributed by atoms with Crippen molar-refractivity contribution < 1.29 is 9.59 Å². The van der Waals surface area contributed by atoms with Crippen LogP contribution in [0.5, 0.6) is 0 Å². The lowest BCUT2D eigenvalue weighted by atomic mass is 9.85. The smallest absolute Gasteiger partial charge is 0.246 e. The summed E-state index contributed by atoms with van der Waals surface area (Å²) < 4.78 is 0. The van der Waals surface area contributed by atoms with Crippen LogP contribution in [0.4, 0.5) is 0 Å². The predicted octanol–water partition coefficient (Wildman–Crippen LogP) is 6.21. The monoisotopic (exact) mass is 545 g/mol. The standard InChI is InChI=1S/C35H51N3O2/c1-10-12-15-24(22(3)11-2)20-29(39)32-30-28(35(30,8)9)21-38(32)33(40)31(36-23(4)37-34(5,6)7)27-18-25-16-13-14-17-26(25)19-27/h10,13-14,16-17,24,27-28,30-32,36-37H,1,3-4,11-12,15,18-21H2,2,5-9H3. The maximum atomic E-state index is 14.5. The summed E-state index contributed by atoms with van der Waals surface area (Å²) in [6.07, 6.45) is 6.64. The molecule has 1 heterocycles. The summed E-state index contributed by atoms with van der Waals surface area (Å²) in [6.45, 7) is 25.9. The summed E-state index contributed by atoms with van der Waals surface area (Å²) >= 11 is 0. The summed E-state index contributed by atoms with van der Waals surface area (Å²) in [5.41, 5.74) is 3.63. The first kappa shape index (κ1) is 30.1. The molecule has 5 heteroatoms. The van der Waals surface area contributed by atoms with Gasteiger partial charge in [0.05, 0.1) is 11.9 Å². The molecule has 218 valence electrons. The minimum Gasteiger partial charge on any atom is -0.368 e. The first-order chi connectivity index (χ1) is 18.8. The number of hydrogen-bond acceptors (Lipinski definition) is 4. The summed E-state index contributed by atoms with van der Waals surface area (Å²) in [5.74, 6) is 1.69. The zero-order valence-corrected chi connectivity index (χ0v) is 25.7. The number of carbonyl (C=O) groups excluding carboxylic acids is 2. The van der Waals surface area contributed by atoms with Crippen molar-refractivity contribution in [3.05, 3.63) is 72.6 Å². The Morgan fingerprint density at radius 2 is 1.77 bits per heavy atom. The van der Waals surface area contributed by atoms with Crippen molar-refractivity contribution in [2.45, 2.75) is 97.7 Å². The van der Waals surface area contributed by atoms with Gasteiger partial charge in [-0.25, -0.2) is 0 Å². The molecule has 5 nitrogen and oxygen atoms in total. The molecule has 1 aromatic carbocycles. The molecule has 2 fully saturated rings. The summed E-state index contributed by atoms with van der Waals surface area (Å²) in [4.78, 5) is 30.6. The van der Waals surface area contributed by atoms with Crippen molar-refractivity contribution in [3.8, 4) is 0 Å². The molecule has 1 saturated carbocycles. The van der Waals surface area contributed by atoms with Crippen LogP contribution in [0.2, 0.25) is 0 Å². The Hall–Kier alpha value is -2.82. The number of ketones is 1. The average Bonchev–Trinajstić information content (AvgIpc) is 3.26. The van der Waals surface area contributed by atoms with Gasteiger partial charge in [-0.05, 0) is 93.1 Å². The van der Waals surface area contributed by atoms with Crippen LogP contribution in [0.15, 0.2) is 61.5 Å². The lowest BCUT2D eigenvalue weighted by Crippen LogP contribution is -2.56. The molecule has 0 spiro atoms. The van der Waals surface area contributed by atoms with E-state index in [2.05, 4.69) is 96.2 Å². The second-order valence-corrected chi connectivity index (χ2v) is 14.0. The van der Waals surface area contributed by atoms with Crippen LogP contribution < -0.4 is 10.6 Å². The Morgan fingerprint density at radius 1 is 1.15 bits per heavy atom. The number of likely N-dealkylation sites (tertiary alicyclic amines) is 1. The normalized spacial score (nSPS) is 24.4. The van der Waals surface area contributed by atoms with Gasteiger partial charge in [0.15, 0.2) is 5.78 Å². The molecule has 3 aliphatic rings. The Bertz CT molecular complexity index is 1130. The topological polar surface area (TPSA) is 61.4 Å². The molecule has 0 aromatic heterocycles. The Labute approximate surface area is 242 Å². The van der Waals surface area contributed by atoms with Crippen molar-refractivity contribution in [2.75, 3.05) is 6.54 Å². The zero-order valence-electron chi connectivity index (χ0n) is 25.7. The van der Waals surface area contributed by atoms with E-state index in [0.717, 1.165) is 37.7 Å². The largest absolute Gasteiger partial charge is 0.368 e. The van der Waals surface area contributed by atoms with Crippen molar-refractivity contribution in [1.82, 2.24) is 15.5 Å². The van der Waals surface area contributed by atoms with Gasteiger partial charge in [-0.1, -0.05) is 69.8 Å². The number of fused-ring (bicyclic) bond motifs is 2. The molecule has 0 radical (unpaired) electrons. The van der Waals surface area contributed by atoms with E-state index in [1.165, 1.54) is 11.1 Å². The van der Waals surface area contributed by atoms with E-state index in [1.807, 2.05) is 11.0 Å². The number of Topliss-reactive ketones (excluding diaryl/α,β-unsaturated/α-hetero) is 1.